The van der Waals surface area contributed by atoms with Crippen molar-refractivity contribution in [3.63, 3.8) is 0 Å². The summed E-state index contributed by atoms with van der Waals surface area (Å²) in [5, 5.41) is 2.85. The maximum Gasteiger partial charge on any atom is 0.317 e. The van der Waals surface area contributed by atoms with Crippen LogP contribution in [0.4, 0.5) is 4.79 Å². The Kier molecular flexibility index (Phi) is 7.72. The number of likely N-dealkylation sites (N-methyl/N-ethyl adjacent to an activating group) is 1. The Morgan fingerprint density at radius 3 is 2.88 bits per heavy atom. The van der Waals surface area contributed by atoms with Crippen LogP contribution in [0.3, 0.4) is 0 Å². The van der Waals surface area contributed by atoms with Crippen molar-refractivity contribution in [2.24, 2.45) is 0 Å². The minimum absolute atomic E-state index is 0.0336. The maximum atomic E-state index is 12.2. The monoisotopic (exact) mass is 363 g/mol. The molecule has 1 aromatic rings. The molecule has 1 N–H and O–H groups in total. The molecule has 0 saturated carbocycles. The number of urea groups is 1. The van der Waals surface area contributed by atoms with Gasteiger partial charge in [-0.3, -0.25) is 4.79 Å². The van der Waals surface area contributed by atoms with Gasteiger partial charge in [0.2, 0.25) is 5.91 Å². The molecule has 3 amide bonds. The Hall–Kier alpha value is -2.28. The van der Waals surface area contributed by atoms with Crippen LogP contribution in [0.25, 0.3) is 0 Å². The first-order valence-electron chi connectivity index (χ1n) is 9.08. The second kappa shape index (κ2) is 10.0. The number of para-hydroxylation sites is 1. The van der Waals surface area contributed by atoms with E-state index in [1.165, 1.54) is 0 Å². The molecule has 2 rings (SSSR count). The van der Waals surface area contributed by atoms with E-state index in [2.05, 4.69) is 12.2 Å². The van der Waals surface area contributed by atoms with Gasteiger partial charge in [-0.2, -0.15) is 0 Å². The molecule has 0 spiro atoms. The fourth-order valence-electron chi connectivity index (χ4n) is 2.80. The number of ether oxygens (including phenoxy) is 2. The topological polar surface area (TPSA) is 71.1 Å². The van der Waals surface area contributed by atoms with Gasteiger partial charge < -0.3 is 24.6 Å². The van der Waals surface area contributed by atoms with E-state index >= 15 is 0 Å². The highest BCUT2D eigenvalue weighted by Gasteiger charge is 2.22. The summed E-state index contributed by atoms with van der Waals surface area (Å²) in [7, 11) is 1.73. The van der Waals surface area contributed by atoms with Gasteiger partial charge in [0, 0.05) is 33.6 Å². The minimum Gasteiger partial charge on any atom is -0.491 e. The van der Waals surface area contributed by atoms with E-state index in [9.17, 15) is 9.59 Å². The van der Waals surface area contributed by atoms with Crippen molar-refractivity contribution in [1.82, 2.24) is 15.1 Å². The standard InChI is InChI=1S/C19H29N3O4/c1-4-16-7-5-6-8-18(16)26-11-9-21(3)19(24)20-13-17-14-22(15(2)23)10-12-25-17/h5-8,17H,4,9-14H2,1-3H3,(H,20,24)/t17-/m1/s1. The molecule has 0 unspecified atom stereocenters. The predicted molar refractivity (Wildman–Crippen MR) is 99.3 cm³/mol. The van der Waals surface area contributed by atoms with Crippen LogP contribution in [0, 0.1) is 0 Å². The van der Waals surface area contributed by atoms with E-state index in [-0.39, 0.29) is 18.0 Å². The van der Waals surface area contributed by atoms with Crippen molar-refractivity contribution in [3.05, 3.63) is 29.8 Å². The predicted octanol–water partition coefficient (Wildman–Crippen LogP) is 1.52. The molecule has 0 bridgehead atoms. The van der Waals surface area contributed by atoms with Gasteiger partial charge in [0.25, 0.3) is 0 Å². The zero-order valence-electron chi connectivity index (χ0n) is 15.9. The number of aryl methyl sites for hydroxylation is 1. The van der Waals surface area contributed by atoms with E-state index in [1.54, 1.807) is 23.8 Å². The summed E-state index contributed by atoms with van der Waals surface area (Å²) in [5.41, 5.74) is 1.16. The minimum atomic E-state index is -0.180. The number of morpholine rings is 1. The average molecular weight is 363 g/mol. The third kappa shape index (κ3) is 5.91. The molecular weight excluding hydrogens is 334 g/mol. The van der Waals surface area contributed by atoms with Crippen LogP contribution in [0.1, 0.15) is 19.4 Å². The number of hydrogen-bond donors (Lipinski definition) is 1. The normalized spacial score (nSPS) is 16.9. The number of benzene rings is 1. The molecule has 0 aliphatic carbocycles. The van der Waals surface area contributed by atoms with Crippen LogP contribution in [0.5, 0.6) is 5.75 Å². The van der Waals surface area contributed by atoms with Crippen molar-refractivity contribution >= 4 is 11.9 Å². The number of carbonyl (C=O) groups is 2. The van der Waals surface area contributed by atoms with Gasteiger partial charge in [0.05, 0.1) is 19.3 Å². The van der Waals surface area contributed by atoms with Gasteiger partial charge in [-0.05, 0) is 18.1 Å². The molecule has 0 aromatic heterocycles. The fourth-order valence-corrected chi connectivity index (χ4v) is 2.80. The second-order valence-electron chi connectivity index (χ2n) is 6.38. The summed E-state index contributed by atoms with van der Waals surface area (Å²) in [6.45, 7) is 6.54. The zero-order valence-corrected chi connectivity index (χ0v) is 15.9. The Labute approximate surface area is 155 Å². The van der Waals surface area contributed by atoms with E-state index in [0.717, 1.165) is 17.7 Å². The van der Waals surface area contributed by atoms with Gasteiger partial charge >= 0.3 is 6.03 Å². The molecule has 7 heteroatoms. The molecule has 1 fully saturated rings. The van der Waals surface area contributed by atoms with Crippen molar-refractivity contribution < 1.29 is 19.1 Å². The van der Waals surface area contributed by atoms with Crippen molar-refractivity contribution in [2.45, 2.75) is 26.4 Å². The lowest BCUT2D eigenvalue weighted by Gasteiger charge is -2.32. The SMILES string of the molecule is CCc1ccccc1OCCN(C)C(=O)NC[C@@H]1CN(C(C)=O)CCO1. The van der Waals surface area contributed by atoms with Crippen LogP contribution in [0.15, 0.2) is 24.3 Å². The van der Waals surface area contributed by atoms with E-state index in [0.29, 0.717) is 39.4 Å². The Bertz CT molecular complexity index is 608. The Morgan fingerprint density at radius 1 is 1.38 bits per heavy atom. The van der Waals surface area contributed by atoms with Gasteiger partial charge in [-0.1, -0.05) is 25.1 Å². The molecule has 26 heavy (non-hydrogen) atoms. The lowest BCUT2D eigenvalue weighted by Crippen LogP contribution is -2.50. The van der Waals surface area contributed by atoms with E-state index < -0.39 is 0 Å². The fraction of sp³-hybridized carbons (Fsp3) is 0.579. The average Bonchev–Trinajstić information content (AvgIpc) is 2.66. The number of nitrogens with zero attached hydrogens (tertiary/aromatic N) is 2. The quantitative estimate of drug-likeness (QED) is 0.797. The summed E-state index contributed by atoms with van der Waals surface area (Å²) in [6.07, 6.45) is 0.739. The number of rotatable bonds is 7. The van der Waals surface area contributed by atoms with Gasteiger partial charge in [-0.25, -0.2) is 4.79 Å². The van der Waals surface area contributed by atoms with Crippen LogP contribution >= 0.6 is 0 Å². The zero-order chi connectivity index (χ0) is 18.9. The number of amides is 3. The summed E-state index contributed by atoms with van der Waals surface area (Å²) in [5.74, 6) is 0.898. The smallest absolute Gasteiger partial charge is 0.317 e. The van der Waals surface area contributed by atoms with E-state index in [1.807, 2.05) is 24.3 Å². The first-order valence-corrected chi connectivity index (χ1v) is 9.08. The number of carbonyl (C=O) groups excluding carboxylic acids is 2. The Morgan fingerprint density at radius 2 is 2.15 bits per heavy atom. The van der Waals surface area contributed by atoms with Crippen LogP contribution in [-0.4, -0.2) is 74.3 Å². The summed E-state index contributed by atoms with van der Waals surface area (Å²) in [6, 6.07) is 7.74. The van der Waals surface area contributed by atoms with Crippen LogP contribution in [0.2, 0.25) is 0 Å². The molecule has 1 aromatic carbocycles. The largest absolute Gasteiger partial charge is 0.491 e. The molecule has 0 radical (unpaired) electrons. The van der Waals surface area contributed by atoms with Gasteiger partial charge in [0.1, 0.15) is 12.4 Å². The molecule has 1 saturated heterocycles. The van der Waals surface area contributed by atoms with Gasteiger partial charge in [-0.15, -0.1) is 0 Å². The summed E-state index contributed by atoms with van der Waals surface area (Å²) < 4.78 is 11.4. The molecule has 1 heterocycles. The lowest BCUT2D eigenvalue weighted by molar-refractivity contribution is -0.136. The van der Waals surface area contributed by atoms with Crippen LogP contribution < -0.4 is 10.1 Å². The number of nitrogens with one attached hydrogen (secondary N) is 1. The second-order valence-corrected chi connectivity index (χ2v) is 6.38. The van der Waals surface area contributed by atoms with Crippen molar-refractivity contribution in [1.29, 1.82) is 0 Å². The first-order chi connectivity index (χ1) is 12.5. The summed E-state index contributed by atoms with van der Waals surface area (Å²) in [4.78, 5) is 26.9. The lowest BCUT2D eigenvalue weighted by atomic mass is 10.1. The molecular formula is C19H29N3O4. The highest BCUT2D eigenvalue weighted by molar-refractivity contribution is 5.74. The maximum absolute atomic E-state index is 12.2. The Balaban J connectivity index is 1.69. The summed E-state index contributed by atoms with van der Waals surface area (Å²) >= 11 is 0. The molecule has 1 aliphatic heterocycles. The van der Waals surface area contributed by atoms with Gasteiger partial charge in [0.15, 0.2) is 0 Å². The molecule has 7 nitrogen and oxygen atoms in total. The van der Waals surface area contributed by atoms with Crippen LogP contribution in [-0.2, 0) is 16.0 Å². The van der Waals surface area contributed by atoms with Crippen molar-refractivity contribution in [2.75, 3.05) is 46.4 Å². The highest BCUT2D eigenvalue weighted by atomic mass is 16.5. The first kappa shape index (κ1) is 20.0. The third-order valence-corrected chi connectivity index (χ3v) is 4.45. The number of hydrogen-bond acceptors (Lipinski definition) is 4. The van der Waals surface area contributed by atoms with Crippen molar-refractivity contribution in [3.8, 4) is 5.75 Å². The molecule has 144 valence electrons. The molecule has 1 atom stereocenters. The highest BCUT2D eigenvalue weighted by Crippen LogP contribution is 2.18. The third-order valence-electron chi connectivity index (χ3n) is 4.45. The molecule has 1 aliphatic rings. The van der Waals surface area contributed by atoms with E-state index in [4.69, 9.17) is 9.47 Å².